The first kappa shape index (κ1) is 11.3. The van der Waals surface area contributed by atoms with E-state index in [9.17, 15) is 4.79 Å². The van der Waals surface area contributed by atoms with Crippen LogP contribution >= 0.6 is 27.3 Å². The summed E-state index contributed by atoms with van der Waals surface area (Å²) in [6.45, 7) is 0. The first-order valence-electron chi connectivity index (χ1n) is 4.78. The van der Waals surface area contributed by atoms with Gasteiger partial charge in [0.1, 0.15) is 0 Å². The van der Waals surface area contributed by atoms with Gasteiger partial charge in [-0.1, -0.05) is 40.2 Å². The average Bonchev–Trinajstić information content (AvgIpc) is 2.81. The van der Waals surface area contributed by atoms with Gasteiger partial charge in [0.15, 0.2) is 5.78 Å². The predicted molar refractivity (Wildman–Crippen MR) is 71.8 cm³/mol. The zero-order valence-corrected chi connectivity index (χ0v) is 10.8. The lowest BCUT2D eigenvalue weighted by atomic mass is 10.2. The molecule has 0 N–H and O–H groups in total. The van der Waals surface area contributed by atoms with Crippen molar-refractivity contribution in [3.8, 4) is 0 Å². The maximum Gasteiger partial charge on any atom is 0.195 e. The lowest BCUT2D eigenvalue weighted by Gasteiger charge is -1.96. The fourth-order valence-electron chi connectivity index (χ4n) is 1.28. The molecule has 16 heavy (non-hydrogen) atoms. The largest absolute Gasteiger partial charge is 0.288 e. The van der Waals surface area contributed by atoms with Gasteiger partial charge in [-0.05, 0) is 35.2 Å². The van der Waals surface area contributed by atoms with Gasteiger partial charge in [0, 0.05) is 4.47 Å². The molecule has 0 radical (unpaired) electrons. The Balaban J connectivity index is 2.16. The normalized spacial score (nSPS) is 10.8. The Morgan fingerprint density at radius 1 is 1.19 bits per heavy atom. The third-order valence-electron chi connectivity index (χ3n) is 2.08. The Labute approximate surface area is 107 Å². The van der Waals surface area contributed by atoms with Crippen molar-refractivity contribution in [3.05, 3.63) is 62.8 Å². The topological polar surface area (TPSA) is 17.1 Å². The van der Waals surface area contributed by atoms with Crippen LogP contribution in [0.15, 0.2) is 52.3 Å². The number of benzene rings is 1. The van der Waals surface area contributed by atoms with Crippen molar-refractivity contribution in [3.63, 3.8) is 0 Å². The fraction of sp³-hybridized carbons (Fsp3) is 0. The molecule has 0 saturated carbocycles. The van der Waals surface area contributed by atoms with Gasteiger partial charge in [0.25, 0.3) is 0 Å². The minimum Gasteiger partial charge on any atom is -0.288 e. The Kier molecular flexibility index (Phi) is 3.70. The third-order valence-corrected chi connectivity index (χ3v) is 3.69. The number of rotatable bonds is 3. The van der Waals surface area contributed by atoms with Crippen LogP contribution in [0.5, 0.6) is 0 Å². The van der Waals surface area contributed by atoms with E-state index in [-0.39, 0.29) is 5.78 Å². The maximum absolute atomic E-state index is 11.7. The Morgan fingerprint density at radius 2 is 2.00 bits per heavy atom. The molecule has 0 bridgehead atoms. The highest BCUT2D eigenvalue weighted by Gasteiger charge is 2.01. The van der Waals surface area contributed by atoms with Crippen molar-refractivity contribution >= 4 is 39.1 Å². The smallest absolute Gasteiger partial charge is 0.195 e. The minimum absolute atomic E-state index is 0.0470. The molecule has 0 atom stereocenters. The van der Waals surface area contributed by atoms with Gasteiger partial charge >= 0.3 is 0 Å². The zero-order valence-electron chi connectivity index (χ0n) is 8.39. The van der Waals surface area contributed by atoms with Crippen LogP contribution < -0.4 is 0 Å². The number of hydrogen-bond donors (Lipinski definition) is 0. The molecule has 2 rings (SSSR count). The number of carbonyl (C=O) groups excluding carboxylic acids is 1. The van der Waals surface area contributed by atoms with Gasteiger partial charge in [-0.15, -0.1) is 11.3 Å². The summed E-state index contributed by atoms with van der Waals surface area (Å²) in [4.78, 5) is 12.5. The molecular weight excluding hydrogens is 284 g/mol. The monoisotopic (exact) mass is 292 g/mol. The van der Waals surface area contributed by atoms with Gasteiger partial charge in [-0.3, -0.25) is 4.79 Å². The molecule has 0 spiro atoms. The van der Waals surface area contributed by atoms with Crippen LogP contribution in [-0.4, -0.2) is 5.78 Å². The van der Waals surface area contributed by atoms with Gasteiger partial charge in [0.2, 0.25) is 0 Å². The SMILES string of the molecule is O=C(C=Cc1ccccc1Br)c1cccs1. The van der Waals surface area contributed by atoms with Crippen LogP contribution in [0.1, 0.15) is 15.2 Å². The zero-order chi connectivity index (χ0) is 11.4. The van der Waals surface area contributed by atoms with Crippen molar-refractivity contribution in [1.29, 1.82) is 0 Å². The van der Waals surface area contributed by atoms with Crippen molar-refractivity contribution < 1.29 is 4.79 Å². The van der Waals surface area contributed by atoms with E-state index in [1.54, 1.807) is 6.08 Å². The van der Waals surface area contributed by atoms with Crippen LogP contribution in [0.3, 0.4) is 0 Å². The second-order valence-corrected chi connectivity index (χ2v) is 5.00. The highest BCUT2D eigenvalue weighted by Crippen LogP contribution is 2.18. The molecule has 0 aliphatic rings. The molecule has 0 aliphatic carbocycles. The lowest BCUT2D eigenvalue weighted by molar-refractivity contribution is 0.105. The van der Waals surface area contributed by atoms with Gasteiger partial charge in [-0.2, -0.15) is 0 Å². The molecule has 2 aromatic rings. The summed E-state index contributed by atoms with van der Waals surface area (Å²) in [6.07, 6.45) is 3.43. The summed E-state index contributed by atoms with van der Waals surface area (Å²) in [5, 5.41) is 1.90. The van der Waals surface area contributed by atoms with Gasteiger partial charge in [0.05, 0.1) is 4.88 Å². The predicted octanol–water partition coefficient (Wildman–Crippen LogP) is 4.41. The minimum atomic E-state index is 0.0470. The number of halogens is 1. The molecule has 0 unspecified atom stereocenters. The van der Waals surface area contributed by atoms with Crippen molar-refractivity contribution in [2.24, 2.45) is 0 Å². The lowest BCUT2D eigenvalue weighted by Crippen LogP contribution is -1.88. The number of carbonyl (C=O) groups is 1. The van der Waals surface area contributed by atoms with Crippen LogP contribution in [-0.2, 0) is 0 Å². The number of allylic oxidation sites excluding steroid dienone is 1. The van der Waals surface area contributed by atoms with E-state index in [2.05, 4.69) is 15.9 Å². The summed E-state index contributed by atoms with van der Waals surface area (Å²) >= 11 is 4.89. The molecule has 1 aromatic carbocycles. The fourth-order valence-corrected chi connectivity index (χ4v) is 2.34. The van der Waals surface area contributed by atoms with E-state index < -0.39 is 0 Å². The molecule has 1 nitrogen and oxygen atoms in total. The maximum atomic E-state index is 11.7. The molecular formula is C13H9BrOS. The molecule has 0 saturated heterocycles. The molecule has 0 aliphatic heterocycles. The molecule has 80 valence electrons. The molecule has 0 fully saturated rings. The second kappa shape index (κ2) is 5.23. The third kappa shape index (κ3) is 2.68. The first-order chi connectivity index (χ1) is 7.77. The van der Waals surface area contributed by atoms with E-state index in [1.807, 2.05) is 47.9 Å². The van der Waals surface area contributed by atoms with E-state index in [0.29, 0.717) is 0 Å². The first-order valence-corrected chi connectivity index (χ1v) is 6.45. The quantitative estimate of drug-likeness (QED) is 0.605. The van der Waals surface area contributed by atoms with Crippen molar-refractivity contribution in [1.82, 2.24) is 0 Å². The second-order valence-electron chi connectivity index (χ2n) is 3.20. The van der Waals surface area contributed by atoms with E-state index in [1.165, 1.54) is 11.3 Å². The summed E-state index contributed by atoms with van der Waals surface area (Å²) in [7, 11) is 0. The van der Waals surface area contributed by atoms with Crippen LogP contribution in [0.25, 0.3) is 6.08 Å². The summed E-state index contributed by atoms with van der Waals surface area (Å²) in [6, 6.07) is 11.5. The van der Waals surface area contributed by atoms with Crippen LogP contribution in [0, 0.1) is 0 Å². The van der Waals surface area contributed by atoms with Crippen molar-refractivity contribution in [2.75, 3.05) is 0 Å². The summed E-state index contributed by atoms with van der Waals surface area (Å²) in [5.41, 5.74) is 1.01. The standard InChI is InChI=1S/C13H9BrOS/c14-11-5-2-1-4-10(11)7-8-12(15)13-6-3-9-16-13/h1-9H. The number of thiophene rings is 1. The number of ketones is 1. The number of hydrogen-bond acceptors (Lipinski definition) is 2. The molecule has 1 heterocycles. The highest BCUT2D eigenvalue weighted by atomic mass is 79.9. The van der Waals surface area contributed by atoms with Crippen LogP contribution in [0.4, 0.5) is 0 Å². The van der Waals surface area contributed by atoms with Crippen LogP contribution in [0.2, 0.25) is 0 Å². The van der Waals surface area contributed by atoms with Crippen molar-refractivity contribution in [2.45, 2.75) is 0 Å². The average molecular weight is 293 g/mol. The molecule has 1 aromatic heterocycles. The highest BCUT2D eigenvalue weighted by molar-refractivity contribution is 9.10. The van der Waals surface area contributed by atoms with Gasteiger partial charge in [-0.25, -0.2) is 0 Å². The summed E-state index contributed by atoms with van der Waals surface area (Å²) < 4.78 is 0.991. The Bertz CT molecular complexity index is 514. The Morgan fingerprint density at radius 3 is 2.69 bits per heavy atom. The van der Waals surface area contributed by atoms with Gasteiger partial charge < -0.3 is 0 Å². The van der Waals surface area contributed by atoms with E-state index >= 15 is 0 Å². The molecule has 3 heteroatoms. The van der Waals surface area contributed by atoms with E-state index in [0.717, 1.165) is 14.9 Å². The molecule has 0 amide bonds. The van der Waals surface area contributed by atoms with E-state index in [4.69, 9.17) is 0 Å². The summed E-state index contributed by atoms with van der Waals surface area (Å²) in [5.74, 6) is 0.0470. The Hall–Kier alpha value is -1.19.